The van der Waals surface area contributed by atoms with Crippen LogP contribution in [0.4, 0.5) is 0 Å². The lowest BCUT2D eigenvalue weighted by atomic mass is 9.79. The second-order valence-electron chi connectivity index (χ2n) is 5.60. The highest BCUT2D eigenvalue weighted by atomic mass is 16.5. The van der Waals surface area contributed by atoms with Gasteiger partial charge in [0, 0.05) is 39.3 Å². The molecule has 0 radical (unpaired) electrons. The van der Waals surface area contributed by atoms with Gasteiger partial charge < -0.3 is 20.5 Å². The highest BCUT2D eigenvalue weighted by Gasteiger charge is 2.43. The number of nitrogens with two attached hydrogens (primary N) is 1. The van der Waals surface area contributed by atoms with E-state index in [4.69, 9.17) is 15.6 Å². The Morgan fingerprint density at radius 3 is 2.63 bits per heavy atom. The summed E-state index contributed by atoms with van der Waals surface area (Å²) in [5.41, 5.74) is 5.34. The monoisotopic (exact) mass is 270 g/mol. The van der Waals surface area contributed by atoms with Gasteiger partial charge in [0.15, 0.2) is 0 Å². The summed E-state index contributed by atoms with van der Waals surface area (Å²) in [5, 5.41) is 8.80. The van der Waals surface area contributed by atoms with Gasteiger partial charge in [0.25, 0.3) is 0 Å². The molecule has 0 saturated carbocycles. The molecule has 108 valence electrons. The number of carboxylic acids is 1. The fraction of sp³-hybridized carbons (Fsp3) is 0.846. The summed E-state index contributed by atoms with van der Waals surface area (Å²) in [4.78, 5) is 25.1. The maximum atomic E-state index is 12.6. The molecule has 2 heterocycles. The lowest BCUT2D eigenvalue weighted by Gasteiger charge is -2.37. The fourth-order valence-electron chi connectivity index (χ4n) is 3.03. The number of carbonyl (C=O) groups excluding carboxylic acids is 1. The number of hydrogen-bond donors (Lipinski definition) is 2. The summed E-state index contributed by atoms with van der Waals surface area (Å²) < 4.78 is 5.31. The van der Waals surface area contributed by atoms with Crippen LogP contribution >= 0.6 is 0 Å². The van der Waals surface area contributed by atoms with Gasteiger partial charge in [0.2, 0.25) is 5.91 Å². The van der Waals surface area contributed by atoms with Crippen LogP contribution in [0.25, 0.3) is 0 Å². The van der Waals surface area contributed by atoms with Crippen molar-refractivity contribution in [2.45, 2.75) is 25.7 Å². The number of hydrogen-bond acceptors (Lipinski definition) is 4. The van der Waals surface area contributed by atoms with Crippen molar-refractivity contribution in [1.82, 2.24) is 4.90 Å². The maximum absolute atomic E-state index is 12.6. The van der Waals surface area contributed by atoms with E-state index in [1.165, 1.54) is 0 Å². The number of aliphatic carboxylic acids is 1. The minimum Gasteiger partial charge on any atom is -0.481 e. The molecule has 0 bridgehead atoms. The number of nitrogens with zero attached hydrogens (tertiary/aromatic N) is 1. The molecule has 0 aromatic carbocycles. The first kappa shape index (κ1) is 14.3. The van der Waals surface area contributed by atoms with Gasteiger partial charge in [0.05, 0.1) is 5.41 Å². The van der Waals surface area contributed by atoms with Crippen molar-refractivity contribution in [3.63, 3.8) is 0 Å². The zero-order valence-electron chi connectivity index (χ0n) is 11.1. The van der Waals surface area contributed by atoms with Crippen molar-refractivity contribution in [2.24, 2.45) is 17.1 Å². The van der Waals surface area contributed by atoms with Crippen LogP contribution in [0.15, 0.2) is 0 Å². The van der Waals surface area contributed by atoms with E-state index in [0.29, 0.717) is 45.7 Å². The van der Waals surface area contributed by atoms with Gasteiger partial charge in [-0.15, -0.1) is 0 Å². The number of rotatable bonds is 4. The van der Waals surface area contributed by atoms with Crippen molar-refractivity contribution in [3.05, 3.63) is 0 Å². The Hall–Kier alpha value is -1.14. The summed E-state index contributed by atoms with van der Waals surface area (Å²) in [6.07, 6.45) is 2.25. The molecule has 6 heteroatoms. The van der Waals surface area contributed by atoms with E-state index in [1.54, 1.807) is 4.90 Å². The third-order valence-electron chi connectivity index (χ3n) is 4.33. The van der Waals surface area contributed by atoms with Gasteiger partial charge in [-0.2, -0.15) is 0 Å². The van der Waals surface area contributed by atoms with E-state index in [2.05, 4.69) is 0 Å². The lowest BCUT2D eigenvalue weighted by Crippen LogP contribution is -2.50. The van der Waals surface area contributed by atoms with Crippen LogP contribution in [-0.4, -0.2) is 54.7 Å². The van der Waals surface area contributed by atoms with Crippen LogP contribution in [0, 0.1) is 11.3 Å². The second-order valence-corrected chi connectivity index (χ2v) is 5.60. The zero-order chi connectivity index (χ0) is 13.9. The molecule has 2 fully saturated rings. The number of amides is 1. The molecule has 1 amide bonds. The molecule has 1 atom stereocenters. The molecule has 2 aliphatic rings. The number of ether oxygens (including phenoxy) is 1. The molecule has 2 saturated heterocycles. The SMILES string of the molecule is NCC1(C(=O)N2CCC(CC(=O)O)C2)CCOCC1. The van der Waals surface area contributed by atoms with Gasteiger partial charge in [-0.25, -0.2) is 0 Å². The van der Waals surface area contributed by atoms with E-state index in [1.807, 2.05) is 0 Å². The summed E-state index contributed by atoms with van der Waals surface area (Å²) in [6.45, 7) is 2.70. The summed E-state index contributed by atoms with van der Waals surface area (Å²) >= 11 is 0. The van der Waals surface area contributed by atoms with Crippen LogP contribution < -0.4 is 5.73 Å². The largest absolute Gasteiger partial charge is 0.481 e. The molecule has 0 spiro atoms. The molecule has 3 N–H and O–H groups in total. The Labute approximate surface area is 112 Å². The van der Waals surface area contributed by atoms with E-state index in [9.17, 15) is 9.59 Å². The molecule has 0 aromatic heterocycles. The Kier molecular flexibility index (Phi) is 4.42. The fourth-order valence-corrected chi connectivity index (χ4v) is 3.03. The first-order chi connectivity index (χ1) is 9.07. The molecular formula is C13H22N2O4. The van der Waals surface area contributed by atoms with E-state index in [-0.39, 0.29) is 18.2 Å². The zero-order valence-corrected chi connectivity index (χ0v) is 11.1. The molecule has 2 aliphatic heterocycles. The van der Waals surface area contributed by atoms with Crippen LogP contribution in [0.1, 0.15) is 25.7 Å². The molecule has 0 aliphatic carbocycles. The second kappa shape index (κ2) is 5.88. The third kappa shape index (κ3) is 3.06. The van der Waals surface area contributed by atoms with Gasteiger partial charge in [-0.05, 0) is 25.2 Å². The van der Waals surface area contributed by atoms with Crippen LogP contribution in [-0.2, 0) is 14.3 Å². The Bertz CT molecular complexity index is 353. The quantitative estimate of drug-likeness (QED) is 0.754. The molecule has 1 unspecified atom stereocenters. The normalized spacial score (nSPS) is 26.4. The molecular weight excluding hydrogens is 248 g/mol. The molecule has 6 nitrogen and oxygen atoms in total. The Morgan fingerprint density at radius 2 is 2.05 bits per heavy atom. The van der Waals surface area contributed by atoms with Crippen molar-refractivity contribution < 1.29 is 19.4 Å². The van der Waals surface area contributed by atoms with Gasteiger partial charge >= 0.3 is 5.97 Å². The highest BCUT2D eigenvalue weighted by molar-refractivity contribution is 5.83. The smallest absolute Gasteiger partial charge is 0.303 e. The number of carbonyl (C=O) groups is 2. The minimum atomic E-state index is -0.793. The molecule has 2 rings (SSSR count). The minimum absolute atomic E-state index is 0.0797. The third-order valence-corrected chi connectivity index (χ3v) is 4.33. The molecule has 0 aromatic rings. The van der Waals surface area contributed by atoms with Crippen molar-refractivity contribution in [1.29, 1.82) is 0 Å². The van der Waals surface area contributed by atoms with E-state index < -0.39 is 11.4 Å². The average molecular weight is 270 g/mol. The predicted octanol–water partition coefficient (Wildman–Crippen LogP) is 0.0651. The Balaban J connectivity index is 1.97. The van der Waals surface area contributed by atoms with Crippen LogP contribution in [0.3, 0.4) is 0 Å². The van der Waals surface area contributed by atoms with Crippen LogP contribution in [0.5, 0.6) is 0 Å². The standard InChI is InChI=1S/C13H22N2O4/c14-9-13(2-5-19-6-3-13)12(18)15-4-1-10(8-15)7-11(16)17/h10H,1-9,14H2,(H,16,17). The van der Waals surface area contributed by atoms with Crippen molar-refractivity contribution in [3.8, 4) is 0 Å². The van der Waals surface area contributed by atoms with E-state index >= 15 is 0 Å². The maximum Gasteiger partial charge on any atom is 0.303 e. The topological polar surface area (TPSA) is 92.9 Å². The highest BCUT2D eigenvalue weighted by Crippen LogP contribution is 2.34. The van der Waals surface area contributed by atoms with E-state index in [0.717, 1.165) is 6.42 Å². The number of likely N-dealkylation sites (tertiary alicyclic amines) is 1. The molecule has 19 heavy (non-hydrogen) atoms. The van der Waals surface area contributed by atoms with Crippen molar-refractivity contribution in [2.75, 3.05) is 32.8 Å². The van der Waals surface area contributed by atoms with Gasteiger partial charge in [0.1, 0.15) is 0 Å². The summed E-state index contributed by atoms with van der Waals surface area (Å²) in [5.74, 6) is -0.624. The summed E-state index contributed by atoms with van der Waals surface area (Å²) in [6, 6.07) is 0. The average Bonchev–Trinajstić information content (AvgIpc) is 2.86. The Morgan fingerprint density at radius 1 is 1.37 bits per heavy atom. The summed E-state index contributed by atoms with van der Waals surface area (Å²) in [7, 11) is 0. The first-order valence-electron chi connectivity index (χ1n) is 6.86. The van der Waals surface area contributed by atoms with Crippen LogP contribution in [0.2, 0.25) is 0 Å². The van der Waals surface area contributed by atoms with Crippen molar-refractivity contribution >= 4 is 11.9 Å². The lowest BCUT2D eigenvalue weighted by molar-refractivity contribution is -0.146. The first-order valence-corrected chi connectivity index (χ1v) is 6.86. The van der Waals surface area contributed by atoms with Gasteiger partial charge in [-0.3, -0.25) is 9.59 Å². The predicted molar refractivity (Wildman–Crippen MR) is 68.5 cm³/mol. The number of carboxylic acid groups (broad SMARTS) is 1. The van der Waals surface area contributed by atoms with Gasteiger partial charge in [-0.1, -0.05) is 0 Å².